The number of nitrogen functional groups attached to an aromatic ring is 1. The largest absolute Gasteiger partial charge is 0.369 e. The molecule has 0 spiro atoms. The summed E-state index contributed by atoms with van der Waals surface area (Å²) in [4.78, 5) is 4.31. The highest BCUT2D eigenvalue weighted by atomic mass is 35.5. The zero-order valence-electron chi connectivity index (χ0n) is 11.6. The summed E-state index contributed by atoms with van der Waals surface area (Å²) >= 11 is 6.13. The lowest BCUT2D eigenvalue weighted by Crippen LogP contribution is -2.06. The van der Waals surface area contributed by atoms with Crippen LogP contribution in [0, 0.1) is 12.7 Å². The molecule has 2 N–H and O–H groups in total. The first-order valence-corrected chi connectivity index (χ1v) is 7.09. The van der Waals surface area contributed by atoms with Crippen molar-refractivity contribution in [3.63, 3.8) is 0 Å². The van der Waals surface area contributed by atoms with Gasteiger partial charge in [-0.15, -0.1) is 0 Å². The van der Waals surface area contributed by atoms with Crippen LogP contribution < -0.4 is 5.73 Å². The Morgan fingerprint density at radius 3 is 2.86 bits per heavy atom. The van der Waals surface area contributed by atoms with Crippen LogP contribution in [0.2, 0.25) is 5.02 Å². The fraction of sp³-hybridized carbons (Fsp3) is 0.188. The zero-order valence-corrected chi connectivity index (χ0v) is 12.4. The van der Waals surface area contributed by atoms with Gasteiger partial charge in [0.25, 0.3) is 0 Å². The van der Waals surface area contributed by atoms with Crippen LogP contribution in [0.1, 0.15) is 11.1 Å². The first-order chi connectivity index (χ1) is 10.1. The van der Waals surface area contributed by atoms with Crippen molar-refractivity contribution >= 4 is 28.6 Å². The molecule has 0 aliphatic heterocycles. The van der Waals surface area contributed by atoms with Crippen LogP contribution in [0.4, 0.5) is 10.3 Å². The molecule has 0 saturated heterocycles. The van der Waals surface area contributed by atoms with Gasteiger partial charge >= 0.3 is 0 Å². The minimum atomic E-state index is -0.212. The number of aromatic nitrogens is 2. The van der Waals surface area contributed by atoms with E-state index in [0.717, 1.165) is 23.1 Å². The highest BCUT2D eigenvalue weighted by Gasteiger charge is 2.11. The summed E-state index contributed by atoms with van der Waals surface area (Å²) < 4.78 is 15.1. The molecule has 108 valence electrons. The van der Waals surface area contributed by atoms with Gasteiger partial charge in [0.15, 0.2) is 0 Å². The molecule has 0 fully saturated rings. The summed E-state index contributed by atoms with van der Waals surface area (Å²) in [6.07, 6.45) is 0.758. The molecule has 21 heavy (non-hydrogen) atoms. The van der Waals surface area contributed by atoms with Crippen LogP contribution in [0.15, 0.2) is 36.4 Å². The van der Waals surface area contributed by atoms with Crippen LogP contribution in [-0.2, 0) is 13.0 Å². The van der Waals surface area contributed by atoms with E-state index in [0.29, 0.717) is 23.0 Å². The molecule has 0 radical (unpaired) electrons. The van der Waals surface area contributed by atoms with E-state index in [1.807, 2.05) is 29.7 Å². The Morgan fingerprint density at radius 1 is 1.29 bits per heavy atom. The molecule has 5 heteroatoms. The highest BCUT2D eigenvalue weighted by Crippen LogP contribution is 2.25. The molecule has 1 heterocycles. The van der Waals surface area contributed by atoms with Crippen LogP contribution in [0.25, 0.3) is 11.0 Å². The predicted octanol–water partition coefficient (Wildman–Crippen LogP) is 3.96. The van der Waals surface area contributed by atoms with Gasteiger partial charge in [-0.25, -0.2) is 9.37 Å². The van der Waals surface area contributed by atoms with Crippen LogP contribution in [0.5, 0.6) is 0 Å². The molecule has 0 aliphatic carbocycles. The molecule has 0 unspecified atom stereocenters. The number of halogens is 2. The van der Waals surface area contributed by atoms with Crippen LogP contribution in [0.3, 0.4) is 0 Å². The second-order valence-corrected chi connectivity index (χ2v) is 5.46. The summed E-state index contributed by atoms with van der Waals surface area (Å²) in [5.74, 6) is 0.230. The molecule has 2 aromatic carbocycles. The van der Waals surface area contributed by atoms with Crippen LogP contribution in [-0.4, -0.2) is 9.55 Å². The molecule has 0 atom stereocenters. The minimum Gasteiger partial charge on any atom is -0.369 e. The first kappa shape index (κ1) is 13.9. The molecular formula is C16H15ClFN3. The number of nitrogens with zero attached hydrogens (tertiary/aromatic N) is 2. The molecule has 3 rings (SSSR count). The van der Waals surface area contributed by atoms with Crippen molar-refractivity contribution in [3.8, 4) is 0 Å². The van der Waals surface area contributed by atoms with Crippen molar-refractivity contribution in [1.29, 1.82) is 0 Å². The van der Waals surface area contributed by atoms with Gasteiger partial charge in [0.2, 0.25) is 5.95 Å². The third-order valence-electron chi connectivity index (χ3n) is 3.67. The lowest BCUT2D eigenvalue weighted by atomic mass is 10.1. The van der Waals surface area contributed by atoms with Gasteiger partial charge in [-0.05, 0) is 48.7 Å². The third kappa shape index (κ3) is 2.59. The Hall–Kier alpha value is -2.07. The predicted molar refractivity (Wildman–Crippen MR) is 84.0 cm³/mol. The Labute approximate surface area is 127 Å². The number of anilines is 1. The molecule has 0 amide bonds. The summed E-state index contributed by atoms with van der Waals surface area (Å²) in [5.41, 5.74) is 9.65. The van der Waals surface area contributed by atoms with Crippen molar-refractivity contribution in [2.75, 3.05) is 5.73 Å². The SMILES string of the molecule is Cc1cc(F)ccc1CCn1c(N)nc2c(Cl)cccc21. The average molecular weight is 304 g/mol. The molecule has 0 aliphatic rings. The minimum absolute atomic E-state index is 0.212. The fourth-order valence-corrected chi connectivity index (χ4v) is 2.75. The third-order valence-corrected chi connectivity index (χ3v) is 3.97. The van der Waals surface area contributed by atoms with Crippen LogP contribution >= 0.6 is 11.6 Å². The number of fused-ring (bicyclic) bond motifs is 1. The Balaban J connectivity index is 1.92. The second kappa shape index (κ2) is 5.37. The van der Waals surface area contributed by atoms with E-state index in [-0.39, 0.29) is 5.82 Å². The summed E-state index contributed by atoms with van der Waals surface area (Å²) in [7, 11) is 0. The number of aryl methyl sites for hydroxylation is 3. The Bertz CT molecular complexity index is 811. The van der Waals surface area contributed by atoms with Crippen molar-refractivity contribution in [2.45, 2.75) is 19.9 Å². The molecule has 0 bridgehead atoms. The number of nitrogens with two attached hydrogens (primary N) is 1. The topological polar surface area (TPSA) is 43.8 Å². The lowest BCUT2D eigenvalue weighted by molar-refractivity contribution is 0.624. The number of hydrogen-bond acceptors (Lipinski definition) is 2. The van der Waals surface area contributed by atoms with Gasteiger partial charge in [0.1, 0.15) is 11.3 Å². The maximum Gasteiger partial charge on any atom is 0.201 e. The van der Waals surface area contributed by atoms with E-state index < -0.39 is 0 Å². The molecular weight excluding hydrogens is 289 g/mol. The maximum absolute atomic E-state index is 13.1. The normalized spacial score (nSPS) is 11.2. The molecule has 3 nitrogen and oxygen atoms in total. The summed E-state index contributed by atoms with van der Waals surface area (Å²) in [5, 5.41) is 0.593. The van der Waals surface area contributed by atoms with E-state index in [1.165, 1.54) is 6.07 Å². The average Bonchev–Trinajstić information content (AvgIpc) is 2.76. The van der Waals surface area contributed by atoms with E-state index in [9.17, 15) is 4.39 Å². The number of imidazole rings is 1. The first-order valence-electron chi connectivity index (χ1n) is 6.71. The van der Waals surface area contributed by atoms with Crippen molar-refractivity contribution < 1.29 is 4.39 Å². The monoisotopic (exact) mass is 303 g/mol. The van der Waals surface area contributed by atoms with Crippen molar-refractivity contribution in [1.82, 2.24) is 9.55 Å². The van der Waals surface area contributed by atoms with Crippen molar-refractivity contribution in [2.24, 2.45) is 0 Å². The summed E-state index contributed by atoms with van der Waals surface area (Å²) in [6.45, 7) is 2.58. The Kier molecular flexibility index (Phi) is 3.55. The van der Waals surface area contributed by atoms with E-state index >= 15 is 0 Å². The van der Waals surface area contributed by atoms with Gasteiger partial charge in [-0.3, -0.25) is 0 Å². The molecule has 0 saturated carbocycles. The quantitative estimate of drug-likeness (QED) is 0.796. The maximum atomic E-state index is 13.1. The summed E-state index contributed by atoms with van der Waals surface area (Å²) in [6, 6.07) is 10.5. The van der Waals surface area contributed by atoms with Gasteiger partial charge in [0.05, 0.1) is 10.5 Å². The van der Waals surface area contributed by atoms with E-state index in [1.54, 1.807) is 12.1 Å². The van der Waals surface area contributed by atoms with Gasteiger partial charge in [-0.2, -0.15) is 0 Å². The second-order valence-electron chi connectivity index (χ2n) is 5.05. The lowest BCUT2D eigenvalue weighted by Gasteiger charge is -2.09. The van der Waals surface area contributed by atoms with E-state index in [2.05, 4.69) is 4.98 Å². The van der Waals surface area contributed by atoms with Gasteiger partial charge in [-0.1, -0.05) is 23.7 Å². The highest BCUT2D eigenvalue weighted by molar-refractivity contribution is 6.35. The molecule has 3 aromatic rings. The zero-order chi connectivity index (χ0) is 15.0. The number of benzene rings is 2. The molecule has 1 aromatic heterocycles. The van der Waals surface area contributed by atoms with E-state index in [4.69, 9.17) is 17.3 Å². The van der Waals surface area contributed by atoms with Crippen molar-refractivity contribution in [3.05, 3.63) is 58.4 Å². The number of para-hydroxylation sites is 1. The smallest absolute Gasteiger partial charge is 0.201 e. The fourth-order valence-electron chi connectivity index (χ4n) is 2.54. The van der Waals surface area contributed by atoms with Gasteiger partial charge in [0, 0.05) is 6.54 Å². The number of rotatable bonds is 3. The van der Waals surface area contributed by atoms with Gasteiger partial charge < -0.3 is 10.3 Å². The standard InChI is InChI=1S/C16H15ClFN3/c1-10-9-12(18)6-5-11(10)7-8-21-14-4-2-3-13(17)15(14)20-16(21)19/h2-6,9H,7-8H2,1H3,(H2,19,20). The Morgan fingerprint density at radius 2 is 2.10 bits per heavy atom. The number of hydrogen-bond donors (Lipinski definition) is 1.